The molecule has 2 aromatic rings. The summed E-state index contributed by atoms with van der Waals surface area (Å²) in [6.45, 7) is 2.64. The van der Waals surface area contributed by atoms with E-state index in [4.69, 9.17) is 12.2 Å². The van der Waals surface area contributed by atoms with Gasteiger partial charge in [0, 0.05) is 12.1 Å². The number of thiocarbonyl (C=S) groups is 1. The van der Waals surface area contributed by atoms with Crippen molar-refractivity contribution < 1.29 is 4.79 Å². The van der Waals surface area contributed by atoms with Crippen molar-refractivity contribution in [3.8, 4) is 0 Å². The van der Waals surface area contributed by atoms with Crippen LogP contribution in [0.5, 0.6) is 0 Å². The highest BCUT2D eigenvalue weighted by Gasteiger charge is 2.06. The number of hydrogen-bond acceptors (Lipinski definition) is 2. The number of nitrogens with one attached hydrogen (secondary N) is 3. The van der Waals surface area contributed by atoms with Crippen LogP contribution in [0.15, 0.2) is 42.5 Å². The lowest BCUT2D eigenvalue weighted by Crippen LogP contribution is -2.46. The standard InChI is InChI=1S/C14H15N3OS/c1-2-15-14(19)17-16-13(18)12-8-7-10-5-3-4-6-11(10)9-12/h3-9H,2H2,1H3,(H,16,18)(H2,15,17,19). The van der Waals surface area contributed by atoms with E-state index in [2.05, 4.69) is 16.2 Å². The zero-order chi connectivity index (χ0) is 13.7. The minimum atomic E-state index is -0.217. The summed E-state index contributed by atoms with van der Waals surface area (Å²) in [5.41, 5.74) is 5.79. The third kappa shape index (κ3) is 3.42. The van der Waals surface area contributed by atoms with Crippen molar-refractivity contribution in [1.29, 1.82) is 0 Å². The molecule has 98 valence electrons. The molecule has 0 heterocycles. The SMILES string of the molecule is CCNC(=S)NNC(=O)c1ccc2ccccc2c1. The Balaban J connectivity index is 2.07. The minimum Gasteiger partial charge on any atom is -0.362 e. The van der Waals surface area contributed by atoms with E-state index in [0.29, 0.717) is 17.2 Å². The predicted molar refractivity (Wildman–Crippen MR) is 80.8 cm³/mol. The molecule has 5 heteroatoms. The lowest BCUT2D eigenvalue weighted by molar-refractivity contribution is 0.0944. The van der Waals surface area contributed by atoms with E-state index in [-0.39, 0.29) is 5.91 Å². The zero-order valence-electron chi connectivity index (χ0n) is 10.6. The van der Waals surface area contributed by atoms with Gasteiger partial charge in [0.15, 0.2) is 5.11 Å². The highest BCUT2D eigenvalue weighted by atomic mass is 32.1. The van der Waals surface area contributed by atoms with E-state index >= 15 is 0 Å². The molecule has 4 nitrogen and oxygen atoms in total. The van der Waals surface area contributed by atoms with Gasteiger partial charge in [-0.3, -0.25) is 15.6 Å². The van der Waals surface area contributed by atoms with Gasteiger partial charge in [0.1, 0.15) is 0 Å². The first kappa shape index (κ1) is 13.3. The van der Waals surface area contributed by atoms with E-state index in [1.165, 1.54) is 0 Å². The van der Waals surface area contributed by atoms with Crippen molar-refractivity contribution in [2.45, 2.75) is 6.92 Å². The maximum absolute atomic E-state index is 11.9. The molecular formula is C14H15N3OS. The van der Waals surface area contributed by atoms with Crippen LogP contribution >= 0.6 is 12.2 Å². The average molecular weight is 273 g/mol. The second-order valence-electron chi connectivity index (χ2n) is 4.00. The second-order valence-corrected chi connectivity index (χ2v) is 4.41. The molecule has 2 aromatic carbocycles. The van der Waals surface area contributed by atoms with Gasteiger partial charge in [0.25, 0.3) is 5.91 Å². The van der Waals surface area contributed by atoms with E-state index in [0.717, 1.165) is 10.8 Å². The summed E-state index contributed by atoms with van der Waals surface area (Å²) in [6.07, 6.45) is 0. The van der Waals surface area contributed by atoms with Gasteiger partial charge in [-0.1, -0.05) is 30.3 Å². The molecule has 0 saturated heterocycles. The number of carbonyl (C=O) groups is 1. The number of amides is 1. The molecule has 1 amide bonds. The lowest BCUT2D eigenvalue weighted by atomic mass is 10.1. The zero-order valence-corrected chi connectivity index (χ0v) is 11.4. The summed E-state index contributed by atoms with van der Waals surface area (Å²) >= 11 is 4.96. The quantitative estimate of drug-likeness (QED) is 0.578. The van der Waals surface area contributed by atoms with Gasteiger partial charge in [0.05, 0.1) is 0 Å². The van der Waals surface area contributed by atoms with Crippen LogP contribution in [0.1, 0.15) is 17.3 Å². The van der Waals surface area contributed by atoms with Crippen LogP contribution in [-0.4, -0.2) is 17.6 Å². The summed E-state index contributed by atoms with van der Waals surface area (Å²) in [7, 11) is 0. The molecule has 0 unspecified atom stereocenters. The maximum atomic E-state index is 11.9. The molecule has 2 rings (SSSR count). The van der Waals surface area contributed by atoms with Crippen LogP contribution in [0.2, 0.25) is 0 Å². The van der Waals surface area contributed by atoms with Gasteiger partial charge >= 0.3 is 0 Å². The Morgan fingerprint density at radius 2 is 1.84 bits per heavy atom. The molecule has 0 spiro atoms. The molecule has 0 saturated carbocycles. The van der Waals surface area contributed by atoms with Crippen LogP contribution < -0.4 is 16.2 Å². The van der Waals surface area contributed by atoms with Crippen molar-refractivity contribution in [3.05, 3.63) is 48.0 Å². The number of fused-ring (bicyclic) bond motifs is 1. The molecule has 0 aliphatic carbocycles. The Morgan fingerprint density at radius 1 is 1.11 bits per heavy atom. The number of benzene rings is 2. The van der Waals surface area contributed by atoms with E-state index in [9.17, 15) is 4.79 Å². The predicted octanol–water partition coefficient (Wildman–Crippen LogP) is 1.97. The molecule has 0 aliphatic rings. The summed E-state index contributed by atoms with van der Waals surface area (Å²) in [6, 6.07) is 13.5. The summed E-state index contributed by atoms with van der Waals surface area (Å²) in [5.74, 6) is -0.217. The first-order valence-electron chi connectivity index (χ1n) is 6.03. The Labute approximate surface area is 117 Å². The van der Waals surface area contributed by atoms with E-state index in [1.807, 2.05) is 43.3 Å². The van der Waals surface area contributed by atoms with Crippen molar-refractivity contribution in [3.63, 3.8) is 0 Å². The molecular weight excluding hydrogens is 258 g/mol. The molecule has 0 radical (unpaired) electrons. The molecule has 3 N–H and O–H groups in total. The number of carbonyl (C=O) groups excluding carboxylic acids is 1. The smallest absolute Gasteiger partial charge is 0.269 e. The minimum absolute atomic E-state index is 0.217. The van der Waals surface area contributed by atoms with Crippen LogP contribution in [0.25, 0.3) is 10.8 Å². The lowest BCUT2D eigenvalue weighted by Gasteiger charge is -2.10. The van der Waals surface area contributed by atoms with Gasteiger partial charge in [-0.25, -0.2) is 0 Å². The third-order valence-corrected chi connectivity index (χ3v) is 2.88. The van der Waals surface area contributed by atoms with Crippen molar-refractivity contribution in [2.24, 2.45) is 0 Å². The summed E-state index contributed by atoms with van der Waals surface area (Å²) in [5, 5.41) is 5.43. The van der Waals surface area contributed by atoms with E-state index in [1.54, 1.807) is 6.07 Å². The van der Waals surface area contributed by atoms with Crippen molar-refractivity contribution in [2.75, 3.05) is 6.54 Å². The maximum Gasteiger partial charge on any atom is 0.269 e. The molecule has 0 fully saturated rings. The van der Waals surface area contributed by atoms with Crippen molar-refractivity contribution >= 4 is 34.0 Å². The fourth-order valence-corrected chi connectivity index (χ4v) is 1.92. The van der Waals surface area contributed by atoms with Gasteiger partial charge in [-0.15, -0.1) is 0 Å². The van der Waals surface area contributed by atoms with Gasteiger partial charge in [-0.05, 0) is 42.0 Å². The normalized spacial score (nSPS) is 9.95. The average Bonchev–Trinajstić information content (AvgIpc) is 2.44. The van der Waals surface area contributed by atoms with Crippen LogP contribution in [0.3, 0.4) is 0 Å². The van der Waals surface area contributed by atoms with Gasteiger partial charge in [0.2, 0.25) is 0 Å². The monoisotopic (exact) mass is 273 g/mol. The number of hydrogen-bond donors (Lipinski definition) is 3. The first-order chi connectivity index (χ1) is 9.20. The van der Waals surface area contributed by atoms with Crippen LogP contribution in [-0.2, 0) is 0 Å². The topological polar surface area (TPSA) is 53.2 Å². The van der Waals surface area contributed by atoms with Crippen LogP contribution in [0.4, 0.5) is 0 Å². The summed E-state index contributed by atoms with van der Waals surface area (Å²) < 4.78 is 0. The Hall–Kier alpha value is -2.14. The highest BCUT2D eigenvalue weighted by molar-refractivity contribution is 7.80. The fraction of sp³-hybridized carbons (Fsp3) is 0.143. The Morgan fingerprint density at radius 3 is 2.58 bits per heavy atom. The fourth-order valence-electron chi connectivity index (χ4n) is 1.72. The van der Waals surface area contributed by atoms with Crippen molar-refractivity contribution in [1.82, 2.24) is 16.2 Å². The highest BCUT2D eigenvalue weighted by Crippen LogP contribution is 2.15. The second kappa shape index (κ2) is 6.15. The molecule has 19 heavy (non-hydrogen) atoms. The number of rotatable bonds is 2. The van der Waals surface area contributed by atoms with Crippen LogP contribution in [0, 0.1) is 0 Å². The summed E-state index contributed by atoms with van der Waals surface area (Å²) in [4.78, 5) is 11.9. The molecule has 0 bridgehead atoms. The largest absolute Gasteiger partial charge is 0.362 e. The molecule has 0 atom stereocenters. The van der Waals surface area contributed by atoms with Gasteiger partial charge < -0.3 is 5.32 Å². The first-order valence-corrected chi connectivity index (χ1v) is 6.44. The Kier molecular flexibility index (Phi) is 4.30. The molecule has 0 aliphatic heterocycles. The Bertz CT molecular complexity index is 612. The third-order valence-electron chi connectivity index (χ3n) is 2.64. The van der Waals surface area contributed by atoms with Gasteiger partial charge in [-0.2, -0.15) is 0 Å². The molecule has 0 aromatic heterocycles. The number of hydrazine groups is 1. The van der Waals surface area contributed by atoms with E-state index < -0.39 is 0 Å².